The predicted octanol–water partition coefficient (Wildman–Crippen LogP) is 3.75. The number of hydrogen-bond acceptors (Lipinski definition) is 5. The minimum atomic E-state index is -1.02. The molecule has 0 radical (unpaired) electrons. The number of carbonyl (C=O) groups excluding carboxylic acids is 3. The molecule has 2 N–H and O–H groups in total. The minimum Gasteiger partial charge on any atom is -0.452 e. The van der Waals surface area contributed by atoms with Gasteiger partial charge < -0.3 is 15.4 Å². The summed E-state index contributed by atoms with van der Waals surface area (Å²) in [6.45, 7) is 1.55. The molecule has 9 heteroatoms. The van der Waals surface area contributed by atoms with Gasteiger partial charge in [-0.2, -0.15) is 11.3 Å². The molecular weight excluding hydrogens is 399 g/mol. The average molecular weight is 415 g/mol. The predicted molar refractivity (Wildman–Crippen MR) is 102 cm³/mol. The number of thiophene rings is 1. The number of esters is 1. The van der Waals surface area contributed by atoms with Crippen LogP contribution in [-0.4, -0.2) is 30.4 Å². The smallest absolute Gasteiger partial charge is 0.308 e. The summed E-state index contributed by atoms with van der Waals surface area (Å²) in [6.07, 6.45) is -1.07. The van der Waals surface area contributed by atoms with Gasteiger partial charge in [0.2, 0.25) is 0 Å². The van der Waals surface area contributed by atoms with Crippen molar-refractivity contribution in [1.29, 1.82) is 0 Å². The first-order valence-electron chi connectivity index (χ1n) is 7.62. The lowest BCUT2D eigenvalue weighted by Crippen LogP contribution is -2.32. The lowest BCUT2D eigenvalue weighted by Gasteiger charge is -2.14. The van der Waals surface area contributed by atoms with Crippen LogP contribution in [0.25, 0.3) is 0 Å². The second-order valence-electron chi connectivity index (χ2n) is 5.26. The van der Waals surface area contributed by atoms with Crippen LogP contribution in [0.3, 0.4) is 0 Å². The Labute approximate surface area is 164 Å². The quantitative estimate of drug-likeness (QED) is 0.675. The Morgan fingerprint density at radius 3 is 2.69 bits per heavy atom. The van der Waals surface area contributed by atoms with E-state index < -0.39 is 18.0 Å². The Balaban J connectivity index is 1.76. The van der Waals surface area contributed by atoms with E-state index in [9.17, 15) is 14.4 Å². The third-order valence-corrected chi connectivity index (χ3v) is 4.51. The molecule has 2 aromatic rings. The van der Waals surface area contributed by atoms with E-state index >= 15 is 0 Å². The van der Waals surface area contributed by atoms with E-state index in [1.807, 2.05) is 0 Å². The van der Waals surface area contributed by atoms with Crippen molar-refractivity contribution in [1.82, 2.24) is 5.32 Å². The van der Waals surface area contributed by atoms with Gasteiger partial charge in [0.25, 0.3) is 11.8 Å². The molecule has 6 nitrogen and oxygen atoms in total. The van der Waals surface area contributed by atoms with Gasteiger partial charge in [0, 0.05) is 22.5 Å². The van der Waals surface area contributed by atoms with Gasteiger partial charge in [-0.25, -0.2) is 0 Å². The van der Waals surface area contributed by atoms with Gasteiger partial charge in [0.05, 0.1) is 17.1 Å². The zero-order valence-corrected chi connectivity index (χ0v) is 16.1. The highest BCUT2D eigenvalue weighted by Crippen LogP contribution is 2.25. The van der Waals surface area contributed by atoms with Crippen molar-refractivity contribution in [2.45, 2.75) is 19.4 Å². The Morgan fingerprint density at radius 2 is 2.00 bits per heavy atom. The molecule has 0 saturated carbocycles. The van der Waals surface area contributed by atoms with E-state index in [0.29, 0.717) is 21.3 Å². The number of carbonyl (C=O) groups is 3. The Morgan fingerprint density at radius 1 is 1.23 bits per heavy atom. The van der Waals surface area contributed by atoms with Gasteiger partial charge in [-0.1, -0.05) is 23.2 Å². The molecule has 1 atom stereocenters. The number of benzene rings is 1. The third kappa shape index (κ3) is 6.01. The summed E-state index contributed by atoms with van der Waals surface area (Å²) in [7, 11) is 0. The second kappa shape index (κ2) is 9.56. The molecule has 0 spiro atoms. The fourth-order valence-corrected chi connectivity index (χ4v) is 2.88. The SMILES string of the molecule is CC(OC(=O)CCNC(=O)c1ccsc1)C(=O)Nc1cc(Cl)ccc1Cl. The van der Waals surface area contributed by atoms with Crippen LogP contribution in [0, 0.1) is 0 Å². The van der Waals surface area contributed by atoms with Gasteiger partial charge in [-0.05, 0) is 36.6 Å². The first-order chi connectivity index (χ1) is 12.4. The number of rotatable bonds is 7. The second-order valence-corrected chi connectivity index (χ2v) is 6.89. The molecule has 0 fully saturated rings. The topological polar surface area (TPSA) is 84.5 Å². The summed E-state index contributed by atoms with van der Waals surface area (Å²) in [5.74, 6) is -1.40. The van der Waals surface area contributed by atoms with Crippen molar-refractivity contribution < 1.29 is 19.1 Å². The highest BCUT2D eigenvalue weighted by Gasteiger charge is 2.19. The zero-order chi connectivity index (χ0) is 19.1. The Hall–Kier alpha value is -2.09. The van der Waals surface area contributed by atoms with E-state index in [1.54, 1.807) is 29.0 Å². The van der Waals surface area contributed by atoms with Crippen LogP contribution in [0.15, 0.2) is 35.0 Å². The van der Waals surface area contributed by atoms with E-state index in [4.69, 9.17) is 27.9 Å². The molecule has 0 bridgehead atoms. The maximum atomic E-state index is 12.1. The molecule has 2 amide bonds. The normalized spacial score (nSPS) is 11.5. The molecule has 26 heavy (non-hydrogen) atoms. The number of ether oxygens (including phenoxy) is 1. The lowest BCUT2D eigenvalue weighted by atomic mass is 10.3. The molecule has 0 aliphatic heterocycles. The third-order valence-electron chi connectivity index (χ3n) is 3.26. The number of amides is 2. The first kappa shape index (κ1) is 20.2. The zero-order valence-electron chi connectivity index (χ0n) is 13.8. The number of hydrogen-bond donors (Lipinski definition) is 2. The maximum Gasteiger partial charge on any atom is 0.308 e. The summed E-state index contributed by atoms with van der Waals surface area (Å²) in [6, 6.07) is 6.32. The summed E-state index contributed by atoms with van der Waals surface area (Å²) in [5.41, 5.74) is 0.865. The molecule has 138 valence electrons. The molecule has 1 unspecified atom stereocenters. The number of halogens is 2. The van der Waals surface area contributed by atoms with Crippen LogP contribution in [-0.2, 0) is 14.3 Å². The van der Waals surface area contributed by atoms with Crippen LogP contribution in [0.4, 0.5) is 5.69 Å². The van der Waals surface area contributed by atoms with E-state index in [-0.39, 0.29) is 18.9 Å². The fourth-order valence-electron chi connectivity index (χ4n) is 1.91. The first-order valence-corrected chi connectivity index (χ1v) is 9.32. The summed E-state index contributed by atoms with van der Waals surface area (Å²) in [5, 5.41) is 9.38. The summed E-state index contributed by atoms with van der Waals surface area (Å²) >= 11 is 13.2. The minimum absolute atomic E-state index is 0.0502. The van der Waals surface area contributed by atoms with Gasteiger partial charge in [-0.3, -0.25) is 14.4 Å². The molecular formula is C17H16Cl2N2O4S. The summed E-state index contributed by atoms with van der Waals surface area (Å²) < 4.78 is 5.05. The lowest BCUT2D eigenvalue weighted by molar-refractivity contribution is -0.153. The van der Waals surface area contributed by atoms with Crippen molar-refractivity contribution in [3.05, 3.63) is 50.6 Å². The van der Waals surface area contributed by atoms with Crippen molar-refractivity contribution in [2.75, 3.05) is 11.9 Å². The van der Waals surface area contributed by atoms with Crippen LogP contribution in [0.1, 0.15) is 23.7 Å². The molecule has 1 heterocycles. The number of anilines is 1. The molecule has 1 aromatic heterocycles. The van der Waals surface area contributed by atoms with Crippen LogP contribution >= 0.6 is 34.5 Å². The molecule has 1 aromatic carbocycles. The van der Waals surface area contributed by atoms with Crippen LogP contribution < -0.4 is 10.6 Å². The van der Waals surface area contributed by atoms with Crippen LogP contribution in [0.5, 0.6) is 0 Å². The standard InChI is InChI=1S/C17H16Cl2N2O4S/c1-10(16(23)21-14-8-12(18)2-3-13(14)19)25-15(22)4-6-20-17(24)11-5-7-26-9-11/h2-3,5,7-10H,4,6H2,1H3,(H,20,24)(H,21,23). The Kier molecular flexibility index (Phi) is 7.44. The van der Waals surface area contributed by atoms with Gasteiger partial charge in [-0.15, -0.1) is 0 Å². The van der Waals surface area contributed by atoms with Crippen molar-refractivity contribution in [3.63, 3.8) is 0 Å². The van der Waals surface area contributed by atoms with Gasteiger partial charge >= 0.3 is 5.97 Å². The molecule has 2 rings (SSSR count). The largest absolute Gasteiger partial charge is 0.452 e. The van der Waals surface area contributed by atoms with Gasteiger partial charge in [0.15, 0.2) is 6.10 Å². The van der Waals surface area contributed by atoms with Crippen LogP contribution in [0.2, 0.25) is 10.0 Å². The highest BCUT2D eigenvalue weighted by atomic mass is 35.5. The summed E-state index contributed by atoms with van der Waals surface area (Å²) in [4.78, 5) is 35.6. The van der Waals surface area contributed by atoms with Crippen molar-refractivity contribution in [2.24, 2.45) is 0 Å². The fraction of sp³-hybridized carbons (Fsp3) is 0.235. The number of nitrogens with one attached hydrogen (secondary N) is 2. The van der Waals surface area contributed by atoms with Crippen molar-refractivity contribution in [3.8, 4) is 0 Å². The molecule has 0 saturated heterocycles. The van der Waals surface area contributed by atoms with E-state index in [2.05, 4.69) is 10.6 Å². The maximum absolute atomic E-state index is 12.1. The average Bonchev–Trinajstić information content (AvgIpc) is 3.12. The monoisotopic (exact) mass is 414 g/mol. The van der Waals surface area contributed by atoms with E-state index in [1.165, 1.54) is 24.3 Å². The van der Waals surface area contributed by atoms with E-state index in [0.717, 1.165) is 0 Å². The molecule has 0 aliphatic rings. The Bertz CT molecular complexity index is 796. The van der Waals surface area contributed by atoms with Crippen molar-refractivity contribution >= 4 is 58.0 Å². The molecule has 0 aliphatic carbocycles. The van der Waals surface area contributed by atoms with Gasteiger partial charge in [0.1, 0.15) is 0 Å². The highest BCUT2D eigenvalue weighted by molar-refractivity contribution is 7.08.